The molecule has 2 atom stereocenters. The van der Waals surface area contributed by atoms with Crippen LogP contribution in [0.1, 0.15) is 38.4 Å². The minimum Gasteiger partial charge on any atom is -0.491 e. The van der Waals surface area contributed by atoms with Crippen molar-refractivity contribution in [1.82, 2.24) is 5.48 Å². The molecule has 1 aromatic carbocycles. The lowest BCUT2D eigenvalue weighted by atomic mass is 9.93. The molecule has 0 fully saturated rings. The van der Waals surface area contributed by atoms with E-state index in [9.17, 15) is 9.90 Å². The van der Waals surface area contributed by atoms with Crippen molar-refractivity contribution in [3.05, 3.63) is 41.5 Å². The van der Waals surface area contributed by atoms with Gasteiger partial charge in [0.25, 0.3) is 5.91 Å². The van der Waals surface area contributed by atoms with E-state index in [1.165, 1.54) is 0 Å². The van der Waals surface area contributed by atoms with E-state index in [-0.39, 0.29) is 19.1 Å². The zero-order chi connectivity index (χ0) is 17.2. The number of aliphatic hydroxyl groups excluding tert-OH is 2. The molecule has 4 N–H and O–H groups in total. The Balaban J connectivity index is 2.52. The fourth-order valence-electron chi connectivity index (χ4n) is 2.15. The number of hydroxylamine groups is 1. The van der Waals surface area contributed by atoms with Gasteiger partial charge in [0.2, 0.25) is 0 Å². The van der Waals surface area contributed by atoms with E-state index in [0.717, 1.165) is 5.56 Å². The van der Waals surface area contributed by atoms with Crippen LogP contribution in [0.3, 0.4) is 0 Å². The zero-order valence-electron chi connectivity index (χ0n) is 13.5. The van der Waals surface area contributed by atoms with E-state index in [2.05, 4.69) is 0 Å². The van der Waals surface area contributed by atoms with Crippen LogP contribution < -0.4 is 10.2 Å². The number of hydrogen-bond acceptors (Lipinski definition) is 5. The number of amides is 1. The van der Waals surface area contributed by atoms with E-state index < -0.39 is 12.0 Å². The molecule has 0 heterocycles. The summed E-state index contributed by atoms with van der Waals surface area (Å²) in [6.45, 7) is 3.77. The average Bonchev–Trinajstić information content (AvgIpc) is 2.58. The first-order valence-corrected chi connectivity index (χ1v) is 7.62. The zero-order valence-corrected chi connectivity index (χ0v) is 13.5. The van der Waals surface area contributed by atoms with Gasteiger partial charge < -0.3 is 14.9 Å². The molecule has 1 rings (SSSR count). The maximum atomic E-state index is 11.1. The summed E-state index contributed by atoms with van der Waals surface area (Å²) >= 11 is 0. The lowest BCUT2D eigenvalue weighted by molar-refractivity contribution is -0.125. The third-order valence-corrected chi connectivity index (χ3v) is 3.65. The Morgan fingerprint density at radius 3 is 2.57 bits per heavy atom. The average molecular weight is 323 g/mol. The largest absolute Gasteiger partial charge is 0.491 e. The SMILES string of the molecule is C/C(=C\CC[C@H](C)[C@H](O)c1ccc(OCCO)cc1)C(=O)NO. The highest BCUT2D eigenvalue weighted by atomic mass is 16.5. The smallest absolute Gasteiger partial charge is 0.269 e. The number of allylic oxidation sites excluding steroid dienone is 1. The topological polar surface area (TPSA) is 99.0 Å². The molecular formula is C17H25NO5. The number of rotatable bonds is 9. The van der Waals surface area contributed by atoms with E-state index in [4.69, 9.17) is 15.1 Å². The van der Waals surface area contributed by atoms with Crippen molar-refractivity contribution in [2.75, 3.05) is 13.2 Å². The van der Waals surface area contributed by atoms with Gasteiger partial charge in [0, 0.05) is 5.57 Å². The molecule has 6 heteroatoms. The van der Waals surface area contributed by atoms with Crippen molar-refractivity contribution in [2.24, 2.45) is 5.92 Å². The minimum atomic E-state index is -0.609. The Hall–Kier alpha value is -1.89. The van der Waals surface area contributed by atoms with E-state index in [1.54, 1.807) is 42.7 Å². The van der Waals surface area contributed by atoms with E-state index in [1.807, 2.05) is 6.92 Å². The summed E-state index contributed by atoms with van der Waals surface area (Å²) in [5, 5.41) is 27.6. The monoisotopic (exact) mass is 323 g/mol. The Morgan fingerprint density at radius 2 is 2.00 bits per heavy atom. The third-order valence-electron chi connectivity index (χ3n) is 3.65. The molecule has 1 amide bonds. The molecule has 0 aliphatic heterocycles. The van der Waals surface area contributed by atoms with Gasteiger partial charge in [0.15, 0.2) is 0 Å². The molecule has 0 bridgehead atoms. The summed E-state index contributed by atoms with van der Waals surface area (Å²) in [5.74, 6) is 0.147. The van der Waals surface area contributed by atoms with Crippen molar-refractivity contribution in [3.63, 3.8) is 0 Å². The van der Waals surface area contributed by atoms with Gasteiger partial charge in [-0.1, -0.05) is 25.1 Å². The Labute approximate surface area is 136 Å². The third kappa shape index (κ3) is 6.40. The van der Waals surface area contributed by atoms with E-state index in [0.29, 0.717) is 24.2 Å². The van der Waals surface area contributed by atoms with Crippen LogP contribution in [-0.4, -0.2) is 34.5 Å². The maximum absolute atomic E-state index is 11.1. The molecule has 1 aromatic rings. The van der Waals surface area contributed by atoms with Crippen molar-refractivity contribution in [3.8, 4) is 5.75 Å². The van der Waals surface area contributed by atoms with Gasteiger partial charge in [0.1, 0.15) is 12.4 Å². The Kier molecular flexibility index (Phi) is 8.32. The lowest BCUT2D eigenvalue weighted by Gasteiger charge is -2.19. The van der Waals surface area contributed by atoms with Crippen LogP contribution in [0.2, 0.25) is 0 Å². The predicted molar refractivity (Wildman–Crippen MR) is 86.1 cm³/mol. The van der Waals surface area contributed by atoms with Gasteiger partial charge in [-0.3, -0.25) is 10.0 Å². The molecule has 0 radical (unpaired) electrons. The van der Waals surface area contributed by atoms with Gasteiger partial charge in [-0.15, -0.1) is 0 Å². The van der Waals surface area contributed by atoms with Gasteiger partial charge in [-0.2, -0.15) is 0 Å². The lowest BCUT2D eigenvalue weighted by Crippen LogP contribution is -2.19. The number of carbonyl (C=O) groups is 1. The highest BCUT2D eigenvalue weighted by Gasteiger charge is 2.16. The molecule has 128 valence electrons. The predicted octanol–water partition coefficient (Wildman–Crippen LogP) is 1.96. The second-order valence-corrected chi connectivity index (χ2v) is 5.47. The summed E-state index contributed by atoms with van der Waals surface area (Å²) in [6.07, 6.45) is 2.47. The normalized spacial score (nSPS) is 14.2. The van der Waals surface area contributed by atoms with Gasteiger partial charge in [0.05, 0.1) is 12.7 Å². The highest BCUT2D eigenvalue weighted by Crippen LogP contribution is 2.27. The first-order chi connectivity index (χ1) is 11.0. The molecule has 0 saturated carbocycles. The van der Waals surface area contributed by atoms with E-state index >= 15 is 0 Å². The Morgan fingerprint density at radius 1 is 1.35 bits per heavy atom. The summed E-state index contributed by atoms with van der Waals surface area (Å²) < 4.78 is 5.28. The fourth-order valence-corrected chi connectivity index (χ4v) is 2.15. The van der Waals surface area contributed by atoms with Crippen LogP contribution in [0.15, 0.2) is 35.9 Å². The van der Waals surface area contributed by atoms with Crippen molar-refractivity contribution >= 4 is 5.91 Å². The van der Waals surface area contributed by atoms with Gasteiger partial charge in [-0.05, 0) is 43.4 Å². The number of aliphatic hydroxyl groups is 2. The maximum Gasteiger partial charge on any atom is 0.269 e. The first-order valence-electron chi connectivity index (χ1n) is 7.62. The second kappa shape index (κ2) is 9.99. The number of nitrogens with one attached hydrogen (secondary N) is 1. The van der Waals surface area contributed by atoms with Crippen molar-refractivity contribution < 1.29 is 25.0 Å². The quantitative estimate of drug-likeness (QED) is 0.316. The summed E-state index contributed by atoms with van der Waals surface area (Å²) in [6, 6.07) is 7.12. The van der Waals surface area contributed by atoms with Crippen LogP contribution in [0.25, 0.3) is 0 Å². The van der Waals surface area contributed by atoms with Crippen LogP contribution in [0.4, 0.5) is 0 Å². The number of benzene rings is 1. The molecule has 0 aliphatic carbocycles. The minimum absolute atomic E-state index is 0.0143. The molecule has 0 unspecified atom stereocenters. The highest BCUT2D eigenvalue weighted by molar-refractivity contribution is 5.91. The molecule has 0 aliphatic rings. The molecule has 0 spiro atoms. The summed E-state index contributed by atoms with van der Waals surface area (Å²) in [7, 11) is 0. The molecule has 23 heavy (non-hydrogen) atoms. The summed E-state index contributed by atoms with van der Waals surface area (Å²) in [4.78, 5) is 11.1. The number of carbonyl (C=O) groups excluding carboxylic acids is 1. The molecule has 6 nitrogen and oxygen atoms in total. The van der Waals surface area contributed by atoms with Crippen molar-refractivity contribution in [1.29, 1.82) is 0 Å². The van der Waals surface area contributed by atoms with Gasteiger partial charge >= 0.3 is 0 Å². The second-order valence-electron chi connectivity index (χ2n) is 5.47. The fraction of sp³-hybridized carbons (Fsp3) is 0.471. The van der Waals surface area contributed by atoms with Crippen molar-refractivity contribution in [2.45, 2.75) is 32.8 Å². The number of ether oxygens (including phenoxy) is 1. The molecule has 0 saturated heterocycles. The Bertz CT molecular complexity index is 512. The molecular weight excluding hydrogens is 298 g/mol. The number of hydrogen-bond donors (Lipinski definition) is 4. The molecule has 0 aromatic heterocycles. The van der Waals surface area contributed by atoms with Crippen LogP contribution in [-0.2, 0) is 4.79 Å². The van der Waals surface area contributed by atoms with Crippen LogP contribution in [0.5, 0.6) is 5.75 Å². The first kappa shape index (κ1) is 19.2. The van der Waals surface area contributed by atoms with Crippen LogP contribution >= 0.6 is 0 Å². The summed E-state index contributed by atoms with van der Waals surface area (Å²) in [5.41, 5.74) is 2.83. The van der Waals surface area contributed by atoms with Gasteiger partial charge in [-0.25, -0.2) is 5.48 Å². The van der Waals surface area contributed by atoms with Crippen LogP contribution in [0, 0.1) is 5.92 Å². The standard InChI is InChI=1S/C17H25NO5/c1-12(4-3-5-13(2)17(21)18-22)16(20)14-6-8-15(9-7-14)23-11-10-19/h5-9,12,16,19-20,22H,3-4,10-11H2,1-2H3,(H,18,21)/b13-5+/t12-,16-/m0/s1.